The van der Waals surface area contributed by atoms with E-state index in [0.29, 0.717) is 0 Å². The molecule has 90 valence electrons. The molecule has 0 atom stereocenters. The van der Waals surface area contributed by atoms with E-state index in [2.05, 4.69) is 5.10 Å². The van der Waals surface area contributed by atoms with Gasteiger partial charge in [-0.25, -0.2) is 0 Å². The predicted molar refractivity (Wildman–Crippen MR) is 65.4 cm³/mol. The van der Waals surface area contributed by atoms with E-state index < -0.39 is 10.0 Å². The van der Waals surface area contributed by atoms with Crippen molar-refractivity contribution in [2.45, 2.75) is 25.2 Å². The van der Waals surface area contributed by atoms with Crippen LogP contribution in [0.2, 0.25) is 0 Å². The van der Waals surface area contributed by atoms with Crippen molar-refractivity contribution in [3.05, 3.63) is 47.8 Å². The topological polar surface area (TPSA) is 52.0 Å². The van der Waals surface area contributed by atoms with Crippen LogP contribution in [0.3, 0.4) is 0 Å². The number of aryl methyl sites for hydroxylation is 2. The molecule has 2 aromatic rings. The minimum Gasteiger partial charge on any atom is -0.199 e. The van der Waals surface area contributed by atoms with Crippen molar-refractivity contribution in [3.63, 3.8) is 0 Å². The van der Waals surface area contributed by atoms with E-state index in [0.717, 1.165) is 21.6 Å². The maximum Gasteiger partial charge on any atom is 0.282 e. The fraction of sp³-hybridized carbons (Fsp3) is 0.250. The molecule has 0 radical (unpaired) electrons. The maximum atomic E-state index is 12.2. The Morgan fingerprint density at radius 1 is 1.24 bits per heavy atom. The van der Waals surface area contributed by atoms with Gasteiger partial charge in [0.2, 0.25) is 0 Å². The number of hydrogen-bond acceptors (Lipinski definition) is 3. The van der Waals surface area contributed by atoms with Crippen LogP contribution in [0.4, 0.5) is 0 Å². The van der Waals surface area contributed by atoms with Crippen molar-refractivity contribution in [3.8, 4) is 0 Å². The molecule has 0 saturated heterocycles. The van der Waals surface area contributed by atoms with E-state index >= 15 is 0 Å². The molecule has 0 aliphatic rings. The molecule has 2 rings (SSSR count). The van der Waals surface area contributed by atoms with E-state index in [9.17, 15) is 8.42 Å². The number of rotatable bonds is 3. The lowest BCUT2D eigenvalue weighted by molar-refractivity contribution is 0.580. The maximum absolute atomic E-state index is 12.2. The van der Waals surface area contributed by atoms with Crippen LogP contribution in [0.25, 0.3) is 0 Å². The van der Waals surface area contributed by atoms with E-state index in [-0.39, 0.29) is 4.90 Å². The summed E-state index contributed by atoms with van der Waals surface area (Å²) in [6.45, 7) is 3.87. The first-order valence-electron chi connectivity index (χ1n) is 5.40. The van der Waals surface area contributed by atoms with Gasteiger partial charge in [0.25, 0.3) is 10.0 Å². The average Bonchev–Trinajstić information content (AvgIpc) is 2.78. The molecular formula is C12H14N2O2S. The molecule has 0 aliphatic carbocycles. The Hall–Kier alpha value is -1.62. The number of nitrogens with zero attached hydrogens (tertiary/aromatic N) is 2. The number of aromatic nitrogens is 2. The summed E-state index contributed by atoms with van der Waals surface area (Å²) < 4.78 is 25.4. The highest BCUT2D eigenvalue weighted by molar-refractivity contribution is 7.89. The zero-order chi connectivity index (χ0) is 12.5. The molecule has 0 fully saturated rings. The second kappa shape index (κ2) is 4.33. The van der Waals surface area contributed by atoms with Crippen molar-refractivity contribution in [1.82, 2.24) is 9.19 Å². The predicted octanol–water partition coefficient (Wildman–Crippen LogP) is 1.99. The summed E-state index contributed by atoms with van der Waals surface area (Å²) in [6.07, 6.45) is 3.89. The molecule has 0 bridgehead atoms. The molecule has 0 aliphatic heterocycles. The first kappa shape index (κ1) is 11.9. The van der Waals surface area contributed by atoms with E-state index in [1.165, 1.54) is 0 Å². The molecule has 0 amide bonds. The lowest BCUT2D eigenvalue weighted by atomic mass is 10.2. The van der Waals surface area contributed by atoms with Crippen LogP contribution in [-0.4, -0.2) is 17.6 Å². The van der Waals surface area contributed by atoms with E-state index in [1.807, 2.05) is 13.8 Å². The molecule has 1 heterocycles. The summed E-state index contributed by atoms with van der Waals surface area (Å²) >= 11 is 0. The summed E-state index contributed by atoms with van der Waals surface area (Å²) in [5.74, 6) is 0. The fourth-order valence-corrected chi connectivity index (χ4v) is 2.61. The molecule has 0 unspecified atom stereocenters. The highest BCUT2D eigenvalue weighted by Crippen LogP contribution is 2.14. The third-order valence-corrected chi connectivity index (χ3v) is 4.15. The van der Waals surface area contributed by atoms with Gasteiger partial charge in [0.15, 0.2) is 0 Å². The first-order chi connectivity index (χ1) is 8.04. The summed E-state index contributed by atoms with van der Waals surface area (Å²) in [6, 6.07) is 6.74. The van der Waals surface area contributed by atoms with Crippen molar-refractivity contribution < 1.29 is 8.42 Å². The third kappa shape index (κ3) is 2.24. The quantitative estimate of drug-likeness (QED) is 0.837. The van der Waals surface area contributed by atoms with Crippen LogP contribution >= 0.6 is 0 Å². The fourth-order valence-electron chi connectivity index (χ4n) is 1.47. The minimum atomic E-state index is -3.54. The van der Waals surface area contributed by atoms with Gasteiger partial charge in [-0.3, -0.25) is 0 Å². The van der Waals surface area contributed by atoms with Crippen LogP contribution in [-0.2, 0) is 16.4 Å². The Bertz CT molecular complexity index is 612. The normalized spacial score (nSPS) is 11.6. The Morgan fingerprint density at radius 2 is 1.88 bits per heavy atom. The summed E-state index contributed by atoms with van der Waals surface area (Å²) in [5.41, 5.74) is 1.93. The van der Waals surface area contributed by atoms with Gasteiger partial charge in [0.1, 0.15) is 0 Å². The third-order valence-electron chi connectivity index (χ3n) is 2.59. The van der Waals surface area contributed by atoms with Gasteiger partial charge < -0.3 is 0 Å². The molecule has 5 heteroatoms. The van der Waals surface area contributed by atoms with Crippen LogP contribution in [0.15, 0.2) is 41.6 Å². The standard InChI is InChI=1S/C12H14N2O2S/c1-3-11-8-13-14(9-11)17(15,16)12-6-4-10(2)5-7-12/h4-9H,3H2,1-2H3. The van der Waals surface area contributed by atoms with Crippen LogP contribution in [0, 0.1) is 6.92 Å². The molecule has 0 saturated carbocycles. The van der Waals surface area contributed by atoms with Gasteiger partial charge in [-0.1, -0.05) is 24.6 Å². The van der Waals surface area contributed by atoms with Crippen molar-refractivity contribution in [2.75, 3.05) is 0 Å². The second-order valence-electron chi connectivity index (χ2n) is 3.89. The number of hydrogen-bond donors (Lipinski definition) is 0. The smallest absolute Gasteiger partial charge is 0.199 e. The lowest BCUT2D eigenvalue weighted by Crippen LogP contribution is -2.13. The molecule has 17 heavy (non-hydrogen) atoms. The van der Waals surface area contributed by atoms with Gasteiger partial charge >= 0.3 is 0 Å². The van der Waals surface area contributed by atoms with Gasteiger partial charge in [-0.2, -0.15) is 17.6 Å². The molecule has 1 aromatic heterocycles. The molecule has 4 nitrogen and oxygen atoms in total. The largest absolute Gasteiger partial charge is 0.282 e. The zero-order valence-corrected chi connectivity index (χ0v) is 10.6. The van der Waals surface area contributed by atoms with E-state index in [4.69, 9.17) is 0 Å². The van der Waals surface area contributed by atoms with Crippen LogP contribution < -0.4 is 0 Å². The highest BCUT2D eigenvalue weighted by atomic mass is 32.2. The van der Waals surface area contributed by atoms with Crippen LogP contribution in [0.5, 0.6) is 0 Å². The Balaban J connectivity index is 2.46. The Labute approximate surface area is 101 Å². The molecule has 1 aromatic carbocycles. The van der Waals surface area contributed by atoms with Crippen molar-refractivity contribution in [2.24, 2.45) is 0 Å². The zero-order valence-electron chi connectivity index (χ0n) is 9.79. The van der Waals surface area contributed by atoms with E-state index in [1.54, 1.807) is 36.7 Å². The van der Waals surface area contributed by atoms with Crippen molar-refractivity contribution in [1.29, 1.82) is 0 Å². The molecule has 0 N–H and O–H groups in total. The SMILES string of the molecule is CCc1cnn(S(=O)(=O)c2ccc(C)cc2)c1. The first-order valence-corrected chi connectivity index (χ1v) is 6.84. The van der Waals surface area contributed by atoms with Gasteiger partial charge in [-0.05, 0) is 31.0 Å². The second-order valence-corrected chi connectivity index (χ2v) is 5.69. The Kier molecular flexibility index (Phi) is 3.02. The van der Waals surface area contributed by atoms with Crippen LogP contribution in [0.1, 0.15) is 18.1 Å². The van der Waals surface area contributed by atoms with Gasteiger partial charge in [0, 0.05) is 6.20 Å². The molecular weight excluding hydrogens is 236 g/mol. The van der Waals surface area contributed by atoms with Gasteiger partial charge in [-0.15, -0.1) is 0 Å². The highest BCUT2D eigenvalue weighted by Gasteiger charge is 2.17. The summed E-state index contributed by atoms with van der Waals surface area (Å²) in [5, 5.41) is 3.89. The van der Waals surface area contributed by atoms with Crippen molar-refractivity contribution >= 4 is 10.0 Å². The molecule has 0 spiro atoms. The summed E-state index contributed by atoms with van der Waals surface area (Å²) in [7, 11) is -3.54. The van der Waals surface area contributed by atoms with Gasteiger partial charge in [0.05, 0.1) is 11.1 Å². The average molecular weight is 250 g/mol. The Morgan fingerprint density at radius 3 is 2.41 bits per heavy atom. The summed E-state index contributed by atoms with van der Waals surface area (Å²) in [4.78, 5) is 0.258. The minimum absolute atomic E-state index is 0.258. The lowest BCUT2D eigenvalue weighted by Gasteiger charge is -2.04. The number of benzene rings is 1. The monoisotopic (exact) mass is 250 g/mol.